The van der Waals surface area contributed by atoms with Gasteiger partial charge in [-0.25, -0.2) is 0 Å². The van der Waals surface area contributed by atoms with Crippen molar-refractivity contribution in [3.8, 4) is 0 Å². The number of rotatable bonds is 4. The zero-order chi connectivity index (χ0) is 33.4. The summed E-state index contributed by atoms with van der Waals surface area (Å²) >= 11 is 0. The van der Waals surface area contributed by atoms with Crippen LogP contribution in [0.4, 0.5) is 34.1 Å². The molecule has 3 heterocycles. The van der Waals surface area contributed by atoms with Crippen LogP contribution in [0.5, 0.6) is 0 Å². The standard InChI is InChI=1S/C43H48N4/c1-40(2,3)43(41(4,5)6,39-23-14-15-26-44-39)30-24-25-34-38(27-30)47(35-20-11-10-19-33(35)42(34,7)8)32-18-16-17-31(28-32)46-29-45(9)36-21-12-13-22-37(36)46/h10-28H,29H2,1-9H3. The lowest BCUT2D eigenvalue weighted by atomic mass is 9.49. The number of anilines is 6. The fourth-order valence-corrected chi connectivity index (χ4v) is 9.12. The summed E-state index contributed by atoms with van der Waals surface area (Å²) < 4.78 is 0. The van der Waals surface area contributed by atoms with Crippen LogP contribution in [-0.4, -0.2) is 18.7 Å². The Labute approximate surface area is 281 Å². The van der Waals surface area contributed by atoms with Gasteiger partial charge in [0.25, 0.3) is 0 Å². The Bertz CT molecular complexity index is 1930. The van der Waals surface area contributed by atoms with Crippen LogP contribution in [0.15, 0.2) is 115 Å². The van der Waals surface area contributed by atoms with Crippen molar-refractivity contribution < 1.29 is 0 Å². The quantitative estimate of drug-likeness (QED) is 0.199. The SMILES string of the molecule is CN1CN(c2cccc(N3c4ccccc4C(C)(C)c4ccc(C(c5ccccn5)(C(C)(C)C)C(C)(C)C)cc43)c2)c2ccccc21. The van der Waals surface area contributed by atoms with Crippen LogP contribution >= 0.6 is 0 Å². The number of hydrogen-bond donors (Lipinski definition) is 0. The van der Waals surface area contributed by atoms with E-state index in [1.54, 1.807) is 0 Å². The fraction of sp³-hybridized carbons (Fsp3) is 0.326. The Kier molecular flexibility index (Phi) is 7.09. The summed E-state index contributed by atoms with van der Waals surface area (Å²) in [4.78, 5) is 12.3. The number of fused-ring (bicyclic) bond motifs is 3. The zero-order valence-corrected chi connectivity index (χ0v) is 29.5. The molecule has 0 saturated heterocycles. The van der Waals surface area contributed by atoms with Crippen molar-refractivity contribution in [1.82, 2.24) is 4.98 Å². The van der Waals surface area contributed by atoms with Gasteiger partial charge in [0, 0.05) is 35.4 Å². The summed E-state index contributed by atoms with van der Waals surface area (Å²) in [7, 11) is 2.17. The third kappa shape index (κ3) is 4.59. The van der Waals surface area contributed by atoms with E-state index in [1.165, 1.54) is 45.1 Å². The second-order valence-electron chi connectivity index (χ2n) is 16.0. The molecular formula is C43H48N4. The first-order chi connectivity index (χ1) is 22.3. The van der Waals surface area contributed by atoms with Gasteiger partial charge in [-0.15, -0.1) is 0 Å². The van der Waals surface area contributed by atoms with Gasteiger partial charge in [0.05, 0.1) is 35.1 Å². The van der Waals surface area contributed by atoms with Crippen molar-refractivity contribution in [3.05, 3.63) is 138 Å². The molecule has 4 aromatic carbocycles. The smallest absolute Gasteiger partial charge is 0.0950 e. The van der Waals surface area contributed by atoms with Crippen LogP contribution in [0.2, 0.25) is 0 Å². The highest BCUT2D eigenvalue weighted by molar-refractivity contribution is 5.89. The highest BCUT2D eigenvalue weighted by atomic mass is 15.4. The Hall–Kier alpha value is -4.57. The van der Waals surface area contributed by atoms with Crippen molar-refractivity contribution >= 4 is 34.1 Å². The number of nitrogens with zero attached hydrogens (tertiary/aromatic N) is 4. The lowest BCUT2D eigenvalue weighted by Crippen LogP contribution is -2.52. The molecule has 5 aromatic rings. The first-order valence-corrected chi connectivity index (χ1v) is 16.9. The molecule has 2 aliphatic heterocycles. The minimum absolute atomic E-state index is 0.129. The normalized spacial score (nSPS) is 15.7. The third-order valence-corrected chi connectivity index (χ3v) is 10.8. The van der Waals surface area contributed by atoms with Crippen LogP contribution in [0.25, 0.3) is 0 Å². The van der Waals surface area contributed by atoms with E-state index in [4.69, 9.17) is 4.98 Å². The lowest BCUT2D eigenvalue weighted by Gasteiger charge is -2.54. The van der Waals surface area contributed by atoms with E-state index in [-0.39, 0.29) is 21.7 Å². The van der Waals surface area contributed by atoms with E-state index >= 15 is 0 Å². The minimum atomic E-state index is -0.366. The van der Waals surface area contributed by atoms with Crippen molar-refractivity contribution in [2.24, 2.45) is 10.8 Å². The van der Waals surface area contributed by atoms with E-state index in [1.807, 2.05) is 12.3 Å². The summed E-state index contributed by atoms with van der Waals surface area (Å²) in [6.07, 6.45) is 1.95. The van der Waals surface area contributed by atoms with Crippen LogP contribution in [0, 0.1) is 10.8 Å². The van der Waals surface area contributed by atoms with Crippen LogP contribution in [-0.2, 0) is 10.8 Å². The number of pyridine rings is 1. The minimum Gasteiger partial charge on any atom is -0.355 e. The van der Waals surface area contributed by atoms with E-state index in [9.17, 15) is 0 Å². The molecule has 0 aliphatic carbocycles. The number of hydrogen-bond acceptors (Lipinski definition) is 4. The predicted molar refractivity (Wildman–Crippen MR) is 199 cm³/mol. The summed E-state index contributed by atoms with van der Waals surface area (Å²) in [5.41, 5.74) is 11.6. The maximum atomic E-state index is 5.07. The maximum absolute atomic E-state index is 5.07. The van der Waals surface area contributed by atoms with Crippen molar-refractivity contribution in [1.29, 1.82) is 0 Å². The molecule has 0 amide bonds. The van der Waals surface area contributed by atoms with Gasteiger partial charge in [0.15, 0.2) is 0 Å². The molecule has 0 radical (unpaired) electrons. The van der Waals surface area contributed by atoms with Gasteiger partial charge >= 0.3 is 0 Å². The molecular weight excluding hydrogens is 573 g/mol. The van der Waals surface area contributed by atoms with Gasteiger partial charge in [-0.1, -0.05) is 110 Å². The third-order valence-electron chi connectivity index (χ3n) is 10.8. The summed E-state index contributed by atoms with van der Waals surface area (Å²) in [6, 6.07) is 40.4. The maximum Gasteiger partial charge on any atom is 0.0950 e. The van der Waals surface area contributed by atoms with Crippen LogP contribution in [0.3, 0.4) is 0 Å². The molecule has 4 nitrogen and oxygen atoms in total. The Morgan fingerprint density at radius 3 is 1.89 bits per heavy atom. The molecule has 0 bridgehead atoms. The van der Waals surface area contributed by atoms with Crippen LogP contribution in [0.1, 0.15) is 77.8 Å². The van der Waals surface area contributed by atoms with Gasteiger partial charge in [-0.3, -0.25) is 4.98 Å². The topological polar surface area (TPSA) is 22.6 Å². The average Bonchev–Trinajstić information content (AvgIpc) is 3.37. The first kappa shape index (κ1) is 31.1. The van der Waals surface area contributed by atoms with E-state index in [0.29, 0.717) is 0 Å². The molecule has 0 N–H and O–H groups in total. The molecule has 1 aromatic heterocycles. The molecule has 0 unspecified atom stereocenters. The molecule has 0 spiro atoms. The summed E-state index contributed by atoms with van der Waals surface area (Å²) in [6.45, 7) is 19.8. The number of benzene rings is 4. The number of para-hydroxylation sites is 3. The Balaban J connectivity index is 1.48. The fourth-order valence-electron chi connectivity index (χ4n) is 9.12. The van der Waals surface area contributed by atoms with Gasteiger partial charge in [0.1, 0.15) is 0 Å². The molecule has 0 atom stereocenters. The molecule has 47 heavy (non-hydrogen) atoms. The molecule has 4 heteroatoms. The molecule has 7 rings (SSSR count). The highest BCUT2D eigenvalue weighted by Crippen LogP contribution is 2.59. The average molecular weight is 621 g/mol. The zero-order valence-electron chi connectivity index (χ0n) is 29.5. The van der Waals surface area contributed by atoms with E-state index in [2.05, 4.69) is 180 Å². The number of aromatic nitrogens is 1. The van der Waals surface area contributed by atoms with Crippen molar-refractivity contribution in [2.75, 3.05) is 28.4 Å². The van der Waals surface area contributed by atoms with Gasteiger partial charge < -0.3 is 14.7 Å². The predicted octanol–water partition coefficient (Wildman–Crippen LogP) is 11.1. The summed E-state index contributed by atoms with van der Waals surface area (Å²) in [5, 5.41) is 0. The monoisotopic (exact) mass is 620 g/mol. The highest BCUT2D eigenvalue weighted by Gasteiger charge is 2.54. The largest absolute Gasteiger partial charge is 0.355 e. The second kappa shape index (κ2) is 10.7. The van der Waals surface area contributed by atoms with Crippen LogP contribution < -0.4 is 14.7 Å². The first-order valence-electron chi connectivity index (χ1n) is 16.9. The van der Waals surface area contributed by atoms with Crippen molar-refractivity contribution in [2.45, 2.75) is 66.2 Å². The van der Waals surface area contributed by atoms with E-state index < -0.39 is 0 Å². The Morgan fingerprint density at radius 1 is 0.596 bits per heavy atom. The Morgan fingerprint density at radius 2 is 1.21 bits per heavy atom. The van der Waals surface area contributed by atoms with Gasteiger partial charge in [-0.2, -0.15) is 0 Å². The molecule has 0 fully saturated rings. The lowest BCUT2D eigenvalue weighted by molar-refractivity contribution is 0.0865. The van der Waals surface area contributed by atoms with Crippen molar-refractivity contribution in [3.63, 3.8) is 0 Å². The van der Waals surface area contributed by atoms with Gasteiger partial charge in [0.2, 0.25) is 0 Å². The molecule has 2 aliphatic rings. The molecule has 0 saturated carbocycles. The summed E-state index contributed by atoms with van der Waals surface area (Å²) in [5.74, 6) is 0. The van der Waals surface area contributed by atoms with Gasteiger partial charge in [-0.05, 0) is 82.1 Å². The molecule has 240 valence electrons. The second-order valence-corrected chi connectivity index (χ2v) is 16.0. The van der Waals surface area contributed by atoms with E-state index in [0.717, 1.165) is 18.1 Å².